The van der Waals surface area contributed by atoms with E-state index in [-0.39, 0.29) is 11.7 Å². The maximum absolute atomic E-state index is 13.3. The summed E-state index contributed by atoms with van der Waals surface area (Å²) in [6.45, 7) is 1.55. The summed E-state index contributed by atoms with van der Waals surface area (Å²) < 4.78 is 18.6. The molecule has 0 saturated carbocycles. The summed E-state index contributed by atoms with van der Waals surface area (Å²) in [5, 5.41) is 0.651. The molecule has 0 N–H and O–H groups in total. The molecule has 2 aromatic carbocycles. The minimum Gasteiger partial charge on any atom is -0.381 e. The van der Waals surface area contributed by atoms with E-state index in [1.807, 2.05) is 24.3 Å². The van der Waals surface area contributed by atoms with E-state index in [0.717, 1.165) is 11.1 Å². The Morgan fingerprint density at radius 2 is 1.72 bits per heavy atom. The second-order valence-electron chi connectivity index (χ2n) is 6.49. The Balaban J connectivity index is 1.86. The largest absolute Gasteiger partial charge is 0.381 e. The summed E-state index contributed by atoms with van der Waals surface area (Å²) in [4.78, 5) is 15.1. The molecule has 0 bridgehead atoms. The highest BCUT2D eigenvalue weighted by Crippen LogP contribution is 2.37. The SMILES string of the molecule is CN(Cc1ccc(F)cc1)C(=O)C1(c2ccc(Cl)cc2)CCOCC1. The number of carbonyl (C=O) groups excluding carboxylic acids is 1. The van der Waals surface area contributed by atoms with Crippen LogP contribution in [0, 0.1) is 5.82 Å². The van der Waals surface area contributed by atoms with Gasteiger partial charge in [-0.3, -0.25) is 4.79 Å². The van der Waals surface area contributed by atoms with Crippen LogP contribution in [0.15, 0.2) is 48.5 Å². The Kier molecular flexibility index (Phi) is 5.40. The highest BCUT2D eigenvalue weighted by atomic mass is 35.5. The number of ether oxygens (including phenoxy) is 1. The van der Waals surface area contributed by atoms with E-state index in [1.165, 1.54) is 12.1 Å². The number of halogens is 2. The average Bonchev–Trinajstić information content (AvgIpc) is 2.64. The number of rotatable bonds is 4. The van der Waals surface area contributed by atoms with Gasteiger partial charge in [-0.05, 0) is 48.2 Å². The van der Waals surface area contributed by atoms with Gasteiger partial charge < -0.3 is 9.64 Å². The molecule has 0 aliphatic carbocycles. The first-order valence-corrected chi connectivity index (χ1v) is 8.73. The maximum Gasteiger partial charge on any atom is 0.233 e. The molecule has 1 aliphatic heterocycles. The van der Waals surface area contributed by atoms with Crippen molar-refractivity contribution in [2.75, 3.05) is 20.3 Å². The van der Waals surface area contributed by atoms with E-state index >= 15 is 0 Å². The smallest absolute Gasteiger partial charge is 0.233 e. The molecular formula is C20H21ClFNO2. The van der Waals surface area contributed by atoms with Gasteiger partial charge in [-0.1, -0.05) is 35.9 Å². The molecule has 5 heteroatoms. The van der Waals surface area contributed by atoms with Crippen molar-refractivity contribution in [3.05, 3.63) is 70.5 Å². The van der Waals surface area contributed by atoms with Gasteiger partial charge >= 0.3 is 0 Å². The molecule has 1 amide bonds. The third kappa shape index (κ3) is 3.86. The van der Waals surface area contributed by atoms with Crippen LogP contribution < -0.4 is 0 Å². The van der Waals surface area contributed by atoms with Gasteiger partial charge in [0.2, 0.25) is 5.91 Å². The van der Waals surface area contributed by atoms with Crippen LogP contribution in [-0.4, -0.2) is 31.1 Å². The molecule has 1 fully saturated rings. The topological polar surface area (TPSA) is 29.5 Å². The zero-order valence-corrected chi connectivity index (χ0v) is 14.9. The van der Waals surface area contributed by atoms with Crippen LogP contribution in [0.2, 0.25) is 5.02 Å². The second-order valence-corrected chi connectivity index (χ2v) is 6.93. The monoisotopic (exact) mass is 361 g/mol. The Morgan fingerprint density at radius 3 is 2.32 bits per heavy atom. The number of amides is 1. The molecule has 0 atom stereocenters. The second kappa shape index (κ2) is 7.54. The van der Waals surface area contributed by atoms with Gasteiger partial charge in [0.05, 0.1) is 5.41 Å². The standard InChI is InChI=1S/C20H21ClFNO2/c1-23(14-15-2-8-18(22)9-3-15)19(24)20(10-12-25-13-11-20)16-4-6-17(21)7-5-16/h2-9H,10-14H2,1H3. The first-order valence-electron chi connectivity index (χ1n) is 8.35. The molecule has 0 spiro atoms. The first kappa shape index (κ1) is 17.9. The summed E-state index contributed by atoms with van der Waals surface area (Å²) in [5.41, 5.74) is 1.27. The van der Waals surface area contributed by atoms with Gasteiger partial charge in [0.15, 0.2) is 0 Å². The van der Waals surface area contributed by atoms with E-state index in [4.69, 9.17) is 16.3 Å². The number of benzene rings is 2. The molecule has 3 nitrogen and oxygen atoms in total. The van der Waals surface area contributed by atoms with Crippen molar-refractivity contribution in [2.45, 2.75) is 24.8 Å². The quantitative estimate of drug-likeness (QED) is 0.817. The van der Waals surface area contributed by atoms with E-state index in [1.54, 1.807) is 24.1 Å². The lowest BCUT2D eigenvalue weighted by molar-refractivity contribution is -0.140. The number of likely N-dealkylation sites (N-methyl/N-ethyl adjacent to an activating group) is 1. The molecule has 0 aromatic heterocycles. The van der Waals surface area contributed by atoms with Gasteiger partial charge in [-0.15, -0.1) is 0 Å². The Bertz CT molecular complexity index is 724. The molecule has 1 aliphatic rings. The van der Waals surface area contributed by atoms with Crippen LogP contribution >= 0.6 is 11.6 Å². The van der Waals surface area contributed by atoms with Crippen molar-refractivity contribution in [2.24, 2.45) is 0 Å². The zero-order chi connectivity index (χ0) is 17.9. The van der Waals surface area contributed by atoms with Crippen molar-refractivity contribution in [3.8, 4) is 0 Å². The average molecular weight is 362 g/mol. The minimum absolute atomic E-state index is 0.0578. The van der Waals surface area contributed by atoms with Crippen LogP contribution in [0.4, 0.5) is 4.39 Å². The van der Waals surface area contributed by atoms with Crippen LogP contribution in [0.3, 0.4) is 0 Å². The zero-order valence-electron chi connectivity index (χ0n) is 14.2. The molecule has 3 rings (SSSR count). The molecule has 1 heterocycles. The van der Waals surface area contributed by atoms with Gasteiger partial charge in [-0.25, -0.2) is 4.39 Å². The van der Waals surface area contributed by atoms with E-state index < -0.39 is 5.41 Å². The van der Waals surface area contributed by atoms with Crippen molar-refractivity contribution in [1.82, 2.24) is 4.90 Å². The Hall–Kier alpha value is -1.91. The van der Waals surface area contributed by atoms with Crippen LogP contribution in [0.5, 0.6) is 0 Å². The fourth-order valence-electron chi connectivity index (χ4n) is 3.42. The fraction of sp³-hybridized carbons (Fsp3) is 0.350. The van der Waals surface area contributed by atoms with Gasteiger partial charge in [-0.2, -0.15) is 0 Å². The van der Waals surface area contributed by atoms with Crippen LogP contribution in [-0.2, 0) is 21.5 Å². The first-order chi connectivity index (χ1) is 12.0. The lowest BCUT2D eigenvalue weighted by atomic mass is 9.73. The number of hydrogen-bond acceptors (Lipinski definition) is 2. The van der Waals surface area contributed by atoms with E-state index in [2.05, 4.69) is 0 Å². The number of hydrogen-bond donors (Lipinski definition) is 0. The van der Waals surface area contributed by atoms with Crippen LogP contribution in [0.25, 0.3) is 0 Å². The molecule has 0 radical (unpaired) electrons. The van der Waals surface area contributed by atoms with Crippen molar-refractivity contribution in [3.63, 3.8) is 0 Å². The minimum atomic E-state index is -0.600. The highest BCUT2D eigenvalue weighted by molar-refractivity contribution is 6.30. The summed E-state index contributed by atoms with van der Waals surface area (Å²) in [7, 11) is 1.79. The predicted molar refractivity (Wildman–Crippen MR) is 96.1 cm³/mol. The molecule has 132 valence electrons. The summed E-state index contributed by atoms with van der Waals surface area (Å²) in [6, 6.07) is 13.7. The normalized spacial score (nSPS) is 16.4. The molecule has 25 heavy (non-hydrogen) atoms. The highest BCUT2D eigenvalue weighted by Gasteiger charge is 2.43. The van der Waals surface area contributed by atoms with Gasteiger partial charge in [0, 0.05) is 31.8 Å². The fourth-order valence-corrected chi connectivity index (χ4v) is 3.54. The maximum atomic E-state index is 13.3. The van der Waals surface area contributed by atoms with Crippen molar-refractivity contribution >= 4 is 17.5 Å². The van der Waals surface area contributed by atoms with E-state index in [9.17, 15) is 9.18 Å². The molecule has 1 saturated heterocycles. The van der Waals surface area contributed by atoms with Crippen molar-refractivity contribution in [1.29, 1.82) is 0 Å². The number of carbonyl (C=O) groups is 1. The lowest BCUT2D eigenvalue weighted by Gasteiger charge is -2.39. The Morgan fingerprint density at radius 1 is 1.12 bits per heavy atom. The lowest BCUT2D eigenvalue weighted by Crippen LogP contribution is -2.48. The summed E-state index contributed by atoms with van der Waals surface area (Å²) >= 11 is 6.01. The molecule has 2 aromatic rings. The predicted octanol–water partition coefficient (Wildman–Crippen LogP) is 4.19. The van der Waals surface area contributed by atoms with Crippen LogP contribution in [0.1, 0.15) is 24.0 Å². The molecular weight excluding hydrogens is 341 g/mol. The Labute approximate surface area is 152 Å². The summed E-state index contributed by atoms with van der Waals surface area (Å²) in [6.07, 6.45) is 1.28. The number of nitrogens with zero attached hydrogens (tertiary/aromatic N) is 1. The van der Waals surface area contributed by atoms with E-state index in [0.29, 0.717) is 37.6 Å². The van der Waals surface area contributed by atoms with Gasteiger partial charge in [0.1, 0.15) is 5.82 Å². The summed E-state index contributed by atoms with van der Waals surface area (Å²) in [5.74, 6) is -0.220. The van der Waals surface area contributed by atoms with Gasteiger partial charge in [0.25, 0.3) is 0 Å². The third-order valence-corrected chi connectivity index (χ3v) is 5.08. The third-order valence-electron chi connectivity index (χ3n) is 4.83. The molecule has 0 unspecified atom stereocenters. The van der Waals surface area contributed by atoms with Crippen molar-refractivity contribution < 1.29 is 13.9 Å².